The molecule has 18 heavy (non-hydrogen) atoms. The Bertz CT molecular complexity index is 668. The molecule has 1 aromatic carbocycles. The fourth-order valence-electron chi connectivity index (χ4n) is 2.00. The quantitative estimate of drug-likeness (QED) is 0.842. The number of hydrogen-bond acceptors (Lipinski definition) is 1. The molecule has 0 saturated heterocycles. The molecule has 0 aliphatic heterocycles. The van der Waals surface area contributed by atoms with Crippen molar-refractivity contribution in [1.82, 2.24) is 4.57 Å². The summed E-state index contributed by atoms with van der Waals surface area (Å²) in [6.07, 6.45) is 2.65. The molecule has 94 valence electrons. The minimum absolute atomic E-state index is 0.549. The van der Waals surface area contributed by atoms with E-state index in [1.807, 2.05) is 31.5 Å². The van der Waals surface area contributed by atoms with E-state index in [1.54, 1.807) is 6.08 Å². The zero-order valence-corrected chi connectivity index (χ0v) is 11.2. The molecular weight excluding hydrogens is 250 g/mol. The highest BCUT2D eigenvalue weighted by atomic mass is 35.5. The van der Waals surface area contributed by atoms with Crippen molar-refractivity contribution in [1.29, 1.82) is 0 Å². The molecule has 0 aliphatic rings. The van der Waals surface area contributed by atoms with Crippen LogP contribution in [0.1, 0.15) is 16.7 Å². The number of nitrogens with zero attached hydrogens (tertiary/aromatic N) is 1. The van der Waals surface area contributed by atoms with Crippen LogP contribution < -0.4 is 0 Å². The average molecular weight is 264 g/mol. The number of aryl methyl sites for hydroxylation is 3. The van der Waals surface area contributed by atoms with Crippen LogP contribution in [-0.4, -0.2) is 15.6 Å². The van der Waals surface area contributed by atoms with Crippen LogP contribution in [0.5, 0.6) is 0 Å². The molecule has 1 aromatic heterocycles. The van der Waals surface area contributed by atoms with Crippen LogP contribution in [0.25, 0.3) is 17.0 Å². The number of hydrogen-bond donors (Lipinski definition) is 1. The molecule has 0 unspecified atom stereocenters. The first-order chi connectivity index (χ1) is 8.41. The van der Waals surface area contributed by atoms with E-state index in [1.165, 1.54) is 5.56 Å². The maximum atomic E-state index is 10.6. The Labute approximate surface area is 110 Å². The molecule has 1 heterocycles. The number of halogens is 1. The van der Waals surface area contributed by atoms with E-state index < -0.39 is 5.97 Å². The lowest BCUT2D eigenvalue weighted by Gasteiger charge is -2.02. The lowest BCUT2D eigenvalue weighted by molar-refractivity contribution is -0.131. The summed E-state index contributed by atoms with van der Waals surface area (Å²) >= 11 is 6.24. The number of carbonyl (C=O) groups is 1. The summed E-state index contributed by atoms with van der Waals surface area (Å²) in [6.45, 7) is 4.07. The molecule has 0 bridgehead atoms. The monoisotopic (exact) mass is 263 g/mol. The van der Waals surface area contributed by atoms with Crippen molar-refractivity contribution in [2.24, 2.45) is 7.05 Å². The summed E-state index contributed by atoms with van der Waals surface area (Å²) < 4.78 is 1.87. The maximum Gasteiger partial charge on any atom is 0.328 e. The number of carboxylic acid groups (broad SMARTS) is 1. The summed E-state index contributed by atoms with van der Waals surface area (Å²) in [5, 5.41) is 10.2. The Kier molecular flexibility index (Phi) is 3.18. The maximum absolute atomic E-state index is 10.6. The van der Waals surface area contributed by atoms with Gasteiger partial charge in [-0.05, 0) is 43.2 Å². The van der Waals surface area contributed by atoms with Crippen molar-refractivity contribution in [3.63, 3.8) is 0 Å². The van der Waals surface area contributed by atoms with Crippen molar-refractivity contribution < 1.29 is 9.90 Å². The van der Waals surface area contributed by atoms with E-state index >= 15 is 0 Å². The number of aliphatic carboxylic acids is 1. The van der Waals surface area contributed by atoms with Gasteiger partial charge in [0.25, 0.3) is 0 Å². The van der Waals surface area contributed by atoms with Gasteiger partial charge in [0, 0.05) is 29.6 Å². The van der Waals surface area contributed by atoms with Crippen molar-refractivity contribution in [3.8, 4) is 0 Å². The molecule has 0 amide bonds. The number of carboxylic acids is 1. The predicted octanol–water partition coefficient (Wildman–Crippen LogP) is 3.55. The highest BCUT2D eigenvalue weighted by Gasteiger charge is 2.12. The molecule has 3 nitrogen and oxygen atoms in total. The highest BCUT2D eigenvalue weighted by Crippen LogP contribution is 2.32. The van der Waals surface area contributed by atoms with Crippen LogP contribution >= 0.6 is 11.6 Å². The molecule has 0 fully saturated rings. The standard InChI is InChI=1S/C14H14ClNO2/c1-8-6-11-10(4-5-13(17)18)14(15)16(3)12(11)7-9(8)2/h4-7H,1-3H3,(H,17,18)/b5-4+. The van der Waals surface area contributed by atoms with Crippen molar-refractivity contribution in [2.45, 2.75) is 13.8 Å². The van der Waals surface area contributed by atoms with Crippen LogP contribution in [0.15, 0.2) is 18.2 Å². The highest BCUT2D eigenvalue weighted by molar-refractivity contribution is 6.33. The predicted molar refractivity (Wildman–Crippen MR) is 74.1 cm³/mol. The van der Waals surface area contributed by atoms with Gasteiger partial charge in [-0.1, -0.05) is 11.6 Å². The second-order valence-electron chi connectivity index (χ2n) is 4.39. The first-order valence-electron chi connectivity index (χ1n) is 5.58. The smallest absolute Gasteiger partial charge is 0.328 e. The average Bonchev–Trinajstić information content (AvgIpc) is 2.51. The second-order valence-corrected chi connectivity index (χ2v) is 4.75. The van der Waals surface area contributed by atoms with Crippen LogP contribution in [0.4, 0.5) is 0 Å². The molecule has 0 radical (unpaired) electrons. The Morgan fingerprint density at radius 3 is 2.56 bits per heavy atom. The van der Waals surface area contributed by atoms with Crippen LogP contribution in [-0.2, 0) is 11.8 Å². The minimum atomic E-state index is -0.980. The third-order valence-electron chi connectivity index (χ3n) is 3.17. The van der Waals surface area contributed by atoms with E-state index in [2.05, 4.69) is 6.07 Å². The van der Waals surface area contributed by atoms with E-state index in [4.69, 9.17) is 16.7 Å². The molecule has 0 atom stereocenters. The van der Waals surface area contributed by atoms with Crippen molar-refractivity contribution in [2.75, 3.05) is 0 Å². The zero-order chi connectivity index (χ0) is 13.4. The lowest BCUT2D eigenvalue weighted by Crippen LogP contribution is -1.88. The Hall–Kier alpha value is -1.74. The van der Waals surface area contributed by atoms with Crippen molar-refractivity contribution >= 4 is 34.5 Å². The van der Waals surface area contributed by atoms with Gasteiger partial charge in [0.15, 0.2) is 0 Å². The largest absolute Gasteiger partial charge is 0.478 e. The molecule has 0 aliphatic carbocycles. The zero-order valence-electron chi connectivity index (χ0n) is 10.5. The summed E-state index contributed by atoms with van der Waals surface area (Å²) in [5.74, 6) is -0.980. The summed E-state index contributed by atoms with van der Waals surface area (Å²) in [4.78, 5) is 10.6. The Morgan fingerprint density at radius 2 is 1.94 bits per heavy atom. The molecule has 4 heteroatoms. The van der Waals surface area contributed by atoms with Gasteiger partial charge in [0.2, 0.25) is 0 Å². The Morgan fingerprint density at radius 1 is 1.33 bits per heavy atom. The number of rotatable bonds is 2. The molecule has 0 spiro atoms. The summed E-state index contributed by atoms with van der Waals surface area (Å²) in [5.41, 5.74) is 4.11. The number of benzene rings is 1. The van der Waals surface area contributed by atoms with Gasteiger partial charge in [0.05, 0.1) is 0 Å². The van der Waals surface area contributed by atoms with E-state index in [-0.39, 0.29) is 0 Å². The normalized spacial score (nSPS) is 11.6. The molecule has 1 N–H and O–H groups in total. The second kappa shape index (κ2) is 4.50. The van der Waals surface area contributed by atoms with Gasteiger partial charge >= 0.3 is 5.97 Å². The third-order valence-corrected chi connectivity index (χ3v) is 3.63. The van der Waals surface area contributed by atoms with Gasteiger partial charge in [-0.2, -0.15) is 0 Å². The Balaban J connectivity index is 2.77. The van der Waals surface area contributed by atoms with Crippen LogP contribution in [0, 0.1) is 13.8 Å². The van der Waals surface area contributed by atoms with Gasteiger partial charge in [-0.25, -0.2) is 4.79 Å². The SMILES string of the molecule is Cc1cc2c(/C=C/C(=O)O)c(Cl)n(C)c2cc1C. The van der Waals surface area contributed by atoms with Crippen LogP contribution in [0.2, 0.25) is 5.15 Å². The van der Waals surface area contributed by atoms with Gasteiger partial charge in [-0.3, -0.25) is 0 Å². The van der Waals surface area contributed by atoms with Gasteiger partial charge in [0.1, 0.15) is 5.15 Å². The topological polar surface area (TPSA) is 42.2 Å². The van der Waals surface area contributed by atoms with Crippen molar-refractivity contribution in [3.05, 3.63) is 40.1 Å². The van der Waals surface area contributed by atoms with Gasteiger partial charge < -0.3 is 9.67 Å². The fraction of sp³-hybridized carbons (Fsp3) is 0.214. The van der Waals surface area contributed by atoms with Gasteiger partial charge in [-0.15, -0.1) is 0 Å². The lowest BCUT2D eigenvalue weighted by atomic mass is 10.1. The minimum Gasteiger partial charge on any atom is -0.478 e. The van der Waals surface area contributed by atoms with E-state index in [9.17, 15) is 4.79 Å². The fourth-order valence-corrected chi connectivity index (χ4v) is 2.26. The van der Waals surface area contributed by atoms with Crippen LogP contribution in [0.3, 0.4) is 0 Å². The molecule has 0 saturated carbocycles. The summed E-state index contributed by atoms with van der Waals surface area (Å²) in [7, 11) is 1.87. The third kappa shape index (κ3) is 2.02. The summed E-state index contributed by atoms with van der Waals surface area (Å²) in [6, 6.07) is 4.10. The van der Waals surface area contributed by atoms with E-state index in [0.717, 1.165) is 28.1 Å². The molecular formula is C14H14ClNO2. The first kappa shape index (κ1) is 12.7. The molecule has 2 aromatic rings. The molecule has 2 rings (SSSR count). The number of fused-ring (bicyclic) bond motifs is 1. The number of aromatic nitrogens is 1. The van der Waals surface area contributed by atoms with E-state index in [0.29, 0.717) is 5.15 Å². The first-order valence-corrected chi connectivity index (χ1v) is 5.95.